The molecule has 2 aromatic carbocycles. The van der Waals surface area contributed by atoms with Crippen molar-refractivity contribution in [2.75, 3.05) is 20.2 Å². The maximum absolute atomic E-state index is 13.1. The Morgan fingerprint density at radius 2 is 1.79 bits per heavy atom. The van der Waals surface area contributed by atoms with Crippen molar-refractivity contribution in [2.24, 2.45) is 4.40 Å². The number of ether oxygens (including phenoxy) is 1. The molecule has 2 aliphatic heterocycles. The lowest BCUT2D eigenvalue weighted by Gasteiger charge is -2.32. The number of methoxy groups -OCH3 is 1. The molecule has 0 aromatic heterocycles. The van der Waals surface area contributed by atoms with E-state index >= 15 is 0 Å². The molecule has 0 saturated carbocycles. The number of aliphatic hydroxyl groups is 1. The van der Waals surface area contributed by atoms with E-state index in [0.717, 1.165) is 12.0 Å². The summed E-state index contributed by atoms with van der Waals surface area (Å²) in [6.07, 6.45) is 1.02. The van der Waals surface area contributed by atoms with Crippen LogP contribution in [-0.4, -0.2) is 50.6 Å². The lowest BCUT2D eigenvalue weighted by molar-refractivity contribution is 0.104. The Hall–Kier alpha value is -2.64. The molecular weight excluding hydrogens is 376 g/mol. The monoisotopic (exact) mass is 398 g/mol. The standard InChI is InChI=1S/C21H22N2O4S/c1-27-18-11-9-16(10-12-18)20-19(15-6-3-2-4-7-15)21(22-28(20,25)26)23-13-5-8-17(24)14-23/h2-4,6-7,9-12,17,24H,5,8,13-14H2,1H3. The number of rotatable bonds is 3. The molecule has 0 spiro atoms. The average molecular weight is 398 g/mol. The maximum atomic E-state index is 13.1. The predicted octanol–water partition coefficient (Wildman–Crippen LogP) is 2.76. The first-order valence-electron chi connectivity index (χ1n) is 9.22. The van der Waals surface area contributed by atoms with Crippen molar-refractivity contribution in [3.63, 3.8) is 0 Å². The van der Waals surface area contributed by atoms with Gasteiger partial charge in [0.05, 0.1) is 13.2 Å². The SMILES string of the molecule is COc1ccc(C2=C(c3ccccc3)C(N3CCCC(O)C3)=NS2(=O)=O)cc1. The van der Waals surface area contributed by atoms with E-state index in [4.69, 9.17) is 4.74 Å². The Morgan fingerprint density at radius 3 is 2.43 bits per heavy atom. The molecule has 1 saturated heterocycles. The van der Waals surface area contributed by atoms with Gasteiger partial charge in [0.1, 0.15) is 10.7 Å². The minimum atomic E-state index is -3.87. The minimum absolute atomic E-state index is 0.191. The third-order valence-corrected chi connectivity index (χ3v) is 6.40. The number of amidine groups is 1. The predicted molar refractivity (Wildman–Crippen MR) is 109 cm³/mol. The Kier molecular flexibility index (Phi) is 4.95. The van der Waals surface area contributed by atoms with Gasteiger partial charge in [-0.15, -0.1) is 4.40 Å². The highest BCUT2D eigenvalue weighted by Crippen LogP contribution is 2.40. The van der Waals surface area contributed by atoms with Crippen LogP contribution in [0.5, 0.6) is 5.75 Å². The number of likely N-dealkylation sites (tertiary alicyclic amines) is 1. The van der Waals surface area contributed by atoms with Gasteiger partial charge >= 0.3 is 0 Å². The van der Waals surface area contributed by atoms with Crippen LogP contribution in [0.1, 0.15) is 24.0 Å². The van der Waals surface area contributed by atoms with E-state index in [1.165, 1.54) is 0 Å². The van der Waals surface area contributed by atoms with Gasteiger partial charge in [-0.25, -0.2) is 0 Å². The fourth-order valence-corrected chi connectivity index (χ4v) is 5.13. The number of hydrogen-bond acceptors (Lipinski definition) is 5. The molecule has 1 N–H and O–H groups in total. The zero-order valence-corrected chi connectivity index (χ0v) is 16.4. The van der Waals surface area contributed by atoms with E-state index in [1.807, 2.05) is 35.2 Å². The quantitative estimate of drug-likeness (QED) is 0.860. The molecule has 6 nitrogen and oxygen atoms in total. The Labute approximate surface area is 164 Å². The smallest absolute Gasteiger partial charge is 0.285 e. The lowest BCUT2D eigenvalue weighted by atomic mass is 9.99. The van der Waals surface area contributed by atoms with Gasteiger partial charge < -0.3 is 14.7 Å². The van der Waals surface area contributed by atoms with Crippen molar-refractivity contribution in [1.29, 1.82) is 0 Å². The fourth-order valence-electron chi connectivity index (χ4n) is 3.70. The van der Waals surface area contributed by atoms with Gasteiger partial charge in [-0.05, 0) is 48.2 Å². The van der Waals surface area contributed by atoms with Crippen molar-refractivity contribution < 1.29 is 18.3 Å². The van der Waals surface area contributed by atoms with Gasteiger partial charge in [-0.1, -0.05) is 30.3 Å². The summed E-state index contributed by atoms with van der Waals surface area (Å²) < 4.78 is 35.5. The molecule has 1 unspecified atom stereocenters. The lowest BCUT2D eigenvalue weighted by Crippen LogP contribution is -2.42. The topological polar surface area (TPSA) is 79.2 Å². The summed E-state index contributed by atoms with van der Waals surface area (Å²) in [5, 5.41) is 10.1. The van der Waals surface area contributed by atoms with Crippen LogP contribution in [0.4, 0.5) is 0 Å². The van der Waals surface area contributed by atoms with Crippen molar-refractivity contribution in [1.82, 2.24) is 4.90 Å². The van der Waals surface area contributed by atoms with Gasteiger partial charge in [0, 0.05) is 18.7 Å². The maximum Gasteiger partial charge on any atom is 0.285 e. The summed E-state index contributed by atoms with van der Waals surface area (Å²) in [4.78, 5) is 2.07. The Morgan fingerprint density at radius 1 is 1.07 bits per heavy atom. The molecule has 28 heavy (non-hydrogen) atoms. The highest BCUT2D eigenvalue weighted by molar-refractivity contribution is 8.00. The minimum Gasteiger partial charge on any atom is -0.497 e. The highest BCUT2D eigenvalue weighted by Gasteiger charge is 2.37. The summed E-state index contributed by atoms with van der Waals surface area (Å²) in [5.41, 5.74) is 1.93. The van der Waals surface area contributed by atoms with Gasteiger partial charge in [-0.2, -0.15) is 8.42 Å². The summed E-state index contributed by atoms with van der Waals surface area (Å²) in [7, 11) is -2.30. The first kappa shape index (κ1) is 18.7. The average Bonchev–Trinajstić information content (AvgIpc) is 3.00. The van der Waals surface area contributed by atoms with E-state index in [2.05, 4.69) is 4.40 Å². The van der Waals surface area contributed by atoms with Crippen LogP contribution in [0.25, 0.3) is 10.5 Å². The number of sulfonamides is 1. The summed E-state index contributed by atoms with van der Waals surface area (Å²) in [6.45, 7) is 1.04. The van der Waals surface area contributed by atoms with Crippen LogP contribution in [0.3, 0.4) is 0 Å². The number of β-amino-alcohol motifs (C(OH)–C–C–N with tert-alkyl or cyclic N) is 1. The van der Waals surface area contributed by atoms with Gasteiger partial charge in [0.2, 0.25) is 0 Å². The van der Waals surface area contributed by atoms with Crippen LogP contribution in [-0.2, 0) is 10.0 Å². The second-order valence-corrected chi connectivity index (χ2v) is 8.47. The van der Waals surface area contributed by atoms with E-state index in [0.29, 0.717) is 42.2 Å². The number of nitrogens with zero attached hydrogens (tertiary/aromatic N) is 2. The van der Waals surface area contributed by atoms with Gasteiger partial charge in [0.15, 0.2) is 5.84 Å². The van der Waals surface area contributed by atoms with Crippen molar-refractivity contribution in [3.05, 3.63) is 65.7 Å². The molecule has 0 bridgehead atoms. The van der Waals surface area contributed by atoms with E-state index < -0.39 is 16.1 Å². The molecule has 2 heterocycles. The van der Waals surface area contributed by atoms with E-state index in [-0.39, 0.29) is 4.91 Å². The molecule has 0 amide bonds. The van der Waals surface area contributed by atoms with Crippen molar-refractivity contribution >= 4 is 26.3 Å². The second kappa shape index (κ2) is 7.41. The van der Waals surface area contributed by atoms with E-state index in [1.54, 1.807) is 31.4 Å². The fraction of sp³-hybridized carbons (Fsp3) is 0.286. The number of aliphatic hydroxyl groups excluding tert-OH is 1. The van der Waals surface area contributed by atoms with Gasteiger partial charge in [-0.3, -0.25) is 0 Å². The molecule has 0 radical (unpaired) electrons. The third-order valence-electron chi connectivity index (χ3n) is 5.03. The van der Waals surface area contributed by atoms with Gasteiger partial charge in [0.25, 0.3) is 10.0 Å². The highest BCUT2D eigenvalue weighted by atomic mass is 32.2. The van der Waals surface area contributed by atoms with Crippen LogP contribution >= 0.6 is 0 Å². The van der Waals surface area contributed by atoms with E-state index in [9.17, 15) is 13.5 Å². The summed E-state index contributed by atoms with van der Waals surface area (Å²) in [6, 6.07) is 16.4. The van der Waals surface area contributed by atoms with Crippen molar-refractivity contribution in [2.45, 2.75) is 18.9 Å². The molecule has 4 rings (SSSR count). The van der Waals surface area contributed by atoms with Crippen molar-refractivity contribution in [3.8, 4) is 5.75 Å². The summed E-state index contributed by atoms with van der Waals surface area (Å²) >= 11 is 0. The molecule has 0 aliphatic carbocycles. The zero-order valence-electron chi connectivity index (χ0n) is 15.6. The molecule has 2 aromatic rings. The Balaban J connectivity index is 1.90. The molecule has 2 aliphatic rings. The molecule has 1 atom stereocenters. The van der Waals surface area contributed by atoms with Crippen LogP contribution < -0.4 is 4.74 Å². The number of hydrogen-bond donors (Lipinski definition) is 1. The largest absolute Gasteiger partial charge is 0.497 e. The molecule has 7 heteroatoms. The first-order chi connectivity index (χ1) is 13.5. The van der Waals surface area contributed by atoms with Crippen LogP contribution in [0.15, 0.2) is 59.0 Å². The molecular formula is C21H22N2O4S. The third kappa shape index (κ3) is 3.43. The molecule has 1 fully saturated rings. The first-order valence-corrected chi connectivity index (χ1v) is 10.7. The second-order valence-electron chi connectivity index (χ2n) is 6.93. The number of piperidine rings is 1. The van der Waals surface area contributed by atoms with Crippen LogP contribution in [0, 0.1) is 0 Å². The summed E-state index contributed by atoms with van der Waals surface area (Å²) in [5.74, 6) is 1.07. The van der Waals surface area contributed by atoms with Crippen LogP contribution in [0.2, 0.25) is 0 Å². The Bertz CT molecular complexity index is 1030. The molecule has 146 valence electrons. The number of benzene rings is 2. The zero-order chi connectivity index (χ0) is 19.7. The normalized spacial score (nSPS) is 21.6.